The van der Waals surface area contributed by atoms with E-state index in [0.717, 1.165) is 0 Å². The van der Waals surface area contributed by atoms with E-state index < -0.39 is 5.97 Å². The number of hydrogen-bond acceptors (Lipinski definition) is 4. The van der Waals surface area contributed by atoms with Gasteiger partial charge in [-0.1, -0.05) is 0 Å². The van der Waals surface area contributed by atoms with Crippen LogP contribution >= 0.6 is 0 Å². The highest BCUT2D eigenvalue weighted by atomic mass is 16.5. The number of pyridine rings is 1. The minimum absolute atomic E-state index is 0.117. The molecule has 0 aliphatic heterocycles. The molecule has 0 saturated carbocycles. The molecule has 0 aliphatic carbocycles. The van der Waals surface area contributed by atoms with Crippen molar-refractivity contribution in [2.75, 3.05) is 7.11 Å². The molecule has 1 rings (SSSR count). The van der Waals surface area contributed by atoms with Crippen LogP contribution in [0.15, 0.2) is 12.1 Å². The summed E-state index contributed by atoms with van der Waals surface area (Å²) in [4.78, 5) is 25.5. The van der Waals surface area contributed by atoms with Crippen molar-refractivity contribution in [2.45, 2.75) is 6.92 Å². The van der Waals surface area contributed by atoms with Gasteiger partial charge in [0.2, 0.25) is 0 Å². The SMILES string of the molecule is COC(=O)c1ccc(C)nc1C=O. The van der Waals surface area contributed by atoms with E-state index in [4.69, 9.17) is 0 Å². The second-order valence-corrected chi connectivity index (χ2v) is 2.49. The Bertz CT molecular complexity index is 347. The molecule has 0 saturated heterocycles. The molecule has 0 N–H and O–H groups in total. The van der Waals surface area contributed by atoms with Crippen LogP contribution in [0.2, 0.25) is 0 Å². The lowest BCUT2D eigenvalue weighted by Crippen LogP contribution is -2.07. The molecule has 0 atom stereocenters. The van der Waals surface area contributed by atoms with Crippen molar-refractivity contribution >= 4 is 12.3 Å². The van der Waals surface area contributed by atoms with Gasteiger partial charge in [-0.2, -0.15) is 0 Å². The molecule has 1 heterocycles. The molecule has 0 aromatic carbocycles. The van der Waals surface area contributed by atoms with Crippen LogP contribution in [-0.2, 0) is 4.74 Å². The van der Waals surface area contributed by atoms with E-state index in [1.165, 1.54) is 13.2 Å². The van der Waals surface area contributed by atoms with Crippen LogP contribution in [0.25, 0.3) is 0 Å². The average molecular weight is 179 g/mol. The maximum atomic E-state index is 11.1. The van der Waals surface area contributed by atoms with Crippen molar-refractivity contribution in [2.24, 2.45) is 0 Å². The van der Waals surface area contributed by atoms with Crippen LogP contribution in [0.5, 0.6) is 0 Å². The monoisotopic (exact) mass is 179 g/mol. The van der Waals surface area contributed by atoms with Crippen LogP contribution in [0.1, 0.15) is 26.5 Å². The number of carbonyl (C=O) groups excluding carboxylic acids is 2. The van der Waals surface area contributed by atoms with Gasteiger partial charge in [0.1, 0.15) is 5.69 Å². The van der Waals surface area contributed by atoms with E-state index >= 15 is 0 Å². The molecule has 0 fully saturated rings. The summed E-state index contributed by atoms with van der Waals surface area (Å²) in [5.41, 5.74) is 1.00. The Morgan fingerprint density at radius 2 is 2.23 bits per heavy atom. The summed E-state index contributed by atoms with van der Waals surface area (Å²) in [6.45, 7) is 1.74. The number of rotatable bonds is 2. The van der Waals surface area contributed by atoms with E-state index in [0.29, 0.717) is 12.0 Å². The van der Waals surface area contributed by atoms with E-state index in [1.54, 1.807) is 13.0 Å². The fourth-order valence-electron chi connectivity index (χ4n) is 0.949. The van der Waals surface area contributed by atoms with Gasteiger partial charge in [0, 0.05) is 5.69 Å². The van der Waals surface area contributed by atoms with Crippen molar-refractivity contribution < 1.29 is 14.3 Å². The van der Waals surface area contributed by atoms with Crippen LogP contribution in [0.4, 0.5) is 0 Å². The summed E-state index contributed by atoms with van der Waals surface area (Å²) in [5, 5.41) is 0. The zero-order valence-corrected chi connectivity index (χ0v) is 7.40. The standard InChI is InChI=1S/C9H9NO3/c1-6-3-4-7(9(12)13-2)8(5-11)10-6/h3-5H,1-2H3. The Labute approximate surface area is 75.5 Å². The predicted molar refractivity (Wildman–Crippen MR) is 45.7 cm³/mol. The van der Waals surface area contributed by atoms with Crippen molar-refractivity contribution in [1.29, 1.82) is 0 Å². The zero-order chi connectivity index (χ0) is 9.84. The number of esters is 1. The maximum absolute atomic E-state index is 11.1. The first-order valence-electron chi connectivity index (χ1n) is 3.70. The van der Waals surface area contributed by atoms with Gasteiger partial charge in [-0.15, -0.1) is 0 Å². The fourth-order valence-corrected chi connectivity index (χ4v) is 0.949. The molecule has 4 heteroatoms. The van der Waals surface area contributed by atoms with E-state index in [9.17, 15) is 9.59 Å². The Balaban J connectivity index is 3.20. The van der Waals surface area contributed by atoms with Crippen LogP contribution in [0.3, 0.4) is 0 Å². The number of ether oxygens (including phenoxy) is 1. The number of nitrogens with zero attached hydrogens (tertiary/aromatic N) is 1. The number of methoxy groups -OCH3 is 1. The number of aldehydes is 1. The first-order valence-corrected chi connectivity index (χ1v) is 3.70. The van der Waals surface area contributed by atoms with Crippen LogP contribution in [0, 0.1) is 6.92 Å². The second kappa shape index (κ2) is 3.80. The lowest BCUT2D eigenvalue weighted by atomic mass is 10.2. The molecule has 0 unspecified atom stereocenters. The molecule has 1 aromatic heterocycles. The molecule has 0 bridgehead atoms. The normalized spacial score (nSPS) is 9.38. The highest BCUT2D eigenvalue weighted by molar-refractivity contribution is 5.96. The third kappa shape index (κ3) is 1.90. The summed E-state index contributed by atoms with van der Waals surface area (Å²) in [5.74, 6) is -0.547. The molecular formula is C9H9NO3. The van der Waals surface area contributed by atoms with Gasteiger partial charge in [-0.3, -0.25) is 4.79 Å². The first kappa shape index (κ1) is 9.38. The smallest absolute Gasteiger partial charge is 0.340 e. The Kier molecular flexibility index (Phi) is 2.74. The molecule has 1 aromatic rings. The third-order valence-corrected chi connectivity index (χ3v) is 1.58. The molecule has 68 valence electrons. The van der Waals surface area contributed by atoms with E-state index in [2.05, 4.69) is 9.72 Å². The van der Waals surface area contributed by atoms with E-state index in [1.807, 2.05) is 0 Å². The minimum Gasteiger partial charge on any atom is -0.465 e. The van der Waals surface area contributed by atoms with Gasteiger partial charge >= 0.3 is 5.97 Å². The van der Waals surface area contributed by atoms with Crippen molar-refractivity contribution in [3.63, 3.8) is 0 Å². The topological polar surface area (TPSA) is 56.3 Å². The number of aryl methyl sites for hydroxylation is 1. The Morgan fingerprint density at radius 1 is 1.54 bits per heavy atom. The fraction of sp³-hybridized carbons (Fsp3) is 0.222. The molecule has 0 amide bonds. The predicted octanol–water partition coefficient (Wildman–Crippen LogP) is 0.989. The van der Waals surface area contributed by atoms with Crippen molar-refractivity contribution in [3.05, 3.63) is 29.1 Å². The summed E-state index contributed by atoms with van der Waals surface area (Å²) in [6.07, 6.45) is 0.541. The Hall–Kier alpha value is -1.71. The molecule has 0 aliphatic rings. The van der Waals surface area contributed by atoms with Crippen LogP contribution in [-0.4, -0.2) is 24.3 Å². The highest BCUT2D eigenvalue weighted by Crippen LogP contribution is 2.06. The van der Waals surface area contributed by atoms with Crippen LogP contribution < -0.4 is 0 Å². The molecule has 0 radical (unpaired) electrons. The van der Waals surface area contributed by atoms with Gasteiger partial charge in [-0.25, -0.2) is 9.78 Å². The minimum atomic E-state index is -0.547. The average Bonchev–Trinajstić information content (AvgIpc) is 2.16. The summed E-state index contributed by atoms with van der Waals surface area (Å²) >= 11 is 0. The van der Waals surface area contributed by atoms with Gasteiger partial charge < -0.3 is 4.74 Å². The van der Waals surface area contributed by atoms with E-state index in [-0.39, 0.29) is 11.3 Å². The van der Waals surface area contributed by atoms with Crippen molar-refractivity contribution in [1.82, 2.24) is 4.98 Å². The van der Waals surface area contributed by atoms with Gasteiger partial charge in [0.05, 0.1) is 12.7 Å². The third-order valence-electron chi connectivity index (χ3n) is 1.58. The Morgan fingerprint density at radius 3 is 2.77 bits per heavy atom. The van der Waals surface area contributed by atoms with Crippen molar-refractivity contribution in [3.8, 4) is 0 Å². The summed E-state index contributed by atoms with van der Waals surface area (Å²) < 4.78 is 4.48. The summed E-state index contributed by atoms with van der Waals surface area (Å²) in [6, 6.07) is 3.18. The number of aromatic nitrogens is 1. The molecule has 0 spiro atoms. The van der Waals surface area contributed by atoms with Gasteiger partial charge in [-0.05, 0) is 19.1 Å². The quantitative estimate of drug-likeness (QED) is 0.501. The number of carbonyl (C=O) groups is 2. The lowest BCUT2D eigenvalue weighted by Gasteiger charge is -2.01. The molecule has 13 heavy (non-hydrogen) atoms. The maximum Gasteiger partial charge on any atom is 0.340 e. The lowest BCUT2D eigenvalue weighted by molar-refractivity contribution is 0.0597. The largest absolute Gasteiger partial charge is 0.465 e. The van der Waals surface area contributed by atoms with Gasteiger partial charge in [0.25, 0.3) is 0 Å². The second-order valence-electron chi connectivity index (χ2n) is 2.49. The molecular weight excluding hydrogens is 170 g/mol. The highest BCUT2D eigenvalue weighted by Gasteiger charge is 2.11. The zero-order valence-electron chi connectivity index (χ0n) is 7.40. The molecule has 4 nitrogen and oxygen atoms in total. The summed E-state index contributed by atoms with van der Waals surface area (Å²) in [7, 11) is 1.26. The number of hydrogen-bond donors (Lipinski definition) is 0. The first-order chi connectivity index (χ1) is 6.19. The van der Waals surface area contributed by atoms with Gasteiger partial charge in [0.15, 0.2) is 6.29 Å².